The molecule has 1 unspecified atom stereocenters. The van der Waals surface area contributed by atoms with Crippen molar-refractivity contribution in [2.45, 2.75) is 25.4 Å². The molecule has 1 aliphatic heterocycles. The molecule has 0 amide bonds. The molecule has 2 N–H and O–H groups in total. The van der Waals surface area contributed by atoms with Gasteiger partial charge in [0.15, 0.2) is 0 Å². The van der Waals surface area contributed by atoms with Crippen LogP contribution in [0.1, 0.15) is 17.7 Å². The van der Waals surface area contributed by atoms with Crippen LogP contribution in [0.25, 0.3) is 0 Å². The number of ether oxygens (including phenoxy) is 1. The highest BCUT2D eigenvalue weighted by atomic mass is 32.1. The summed E-state index contributed by atoms with van der Waals surface area (Å²) < 4.78 is 5.46. The Hall–Kier alpha value is -1.66. The summed E-state index contributed by atoms with van der Waals surface area (Å²) in [5.41, 5.74) is 0. The maximum atomic E-state index is 5.46. The van der Waals surface area contributed by atoms with E-state index in [4.69, 9.17) is 4.74 Å². The van der Waals surface area contributed by atoms with E-state index in [-0.39, 0.29) is 0 Å². The minimum atomic E-state index is 0.351. The standard InChI is InChI=1S/C14H18N4OS/c1-3-11(9-19-5-1)18-14-7-13(16-10-17-14)15-8-12-4-2-6-20-12/h2,4,6-7,10-11H,1,3,5,8-9H2,(H2,15,16,17,18). The molecule has 0 bridgehead atoms. The third-order valence-electron chi connectivity index (χ3n) is 3.20. The summed E-state index contributed by atoms with van der Waals surface area (Å²) in [5.74, 6) is 1.69. The molecular formula is C14H18N4OS. The molecule has 1 saturated heterocycles. The van der Waals surface area contributed by atoms with Crippen LogP contribution in [0.15, 0.2) is 29.9 Å². The van der Waals surface area contributed by atoms with E-state index in [0.717, 1.165) is 44.2 Å². The summed E-state index contributed by atoms with van der Waals surface area (Å²) in [6.45, 7) is 2.41. The molecule has 5 nitrogen and oxygen atoms in total. The molecule has 1 atom stereocenters. The van der Waals surface area contributed by atoms with Crippen molar-refractivity contribution in [2.75, 3.05) is 23.8 Å². The number of nitrogens with one attached hydrogen (secondary N) is 2. The van der Waals surface area contributed by atoms with Gasteiger partial charge in [-0.1, -0.05) is 6.07 Å². The lowest BCUT2D eigenvalue weighted by Gasteiger charge is -2.23. The van der Waals surface area contributed by atoms with Gasteiger partial charge in [0, 0.05) is 17.6 Å². The molecule has 106 valence electrons. The van der Waals surface area contributed by atoms with Crippen LogP contribution in [0.2, 0.25) is 0 Å². The number of rotatable bonds is 5. The van der Waals surface area contributed by atoms with Crippen LogP contribution < -0.4 is 10.6 Å². The van der Waals surface area contributed by atoms with Crippen molar-refractivity contribution in [2.24, 2.45) is 0 Å². The highest BCUT2D eigenvalue weighted by molar-refractivity contribution is 7.09. The van der Waals surface area contributed by atoms with Crippen LogP contribution >= 0.6 is 11.3 Å². The number of hydrogen-bond donors (Lipinski definition) is 2. The second-order valence-electron chi connectivity index (χ2n) is 4.78. The van der Waals surface area contributed by atoms with Gasteiger partial charge in [-0.15, -0.1) is 11.3 Å². The van der Waals surface area contributed by atoms with Crippen LogP contribution in [0.3, 0.4) is 0 Å². The van der Waals surface area contributed by atoms with E-state index in [0.29, 0.717) is 6.04 Å². The molecule has 1 aliphatic rings. The first-order chi connectivity index (χ1) is 9.90. The quantitative estimate of drug-likeness (QED) is 0.886. The predicted molar refractivity (Wildman–Crippen MR) is 81.1 cm³/mol. The Balaban J connectivity index is 1.57. The Morgan fingerprint density at radius 2 is 2.30 bits per heavy atom. The average Bonchev–Trinajstić information content (AvgIpc) is 3.00. The van der Waals surface area contributed by atoms with E-state index in [1.54, 1.807) is 17.7 Å². The molecule has 3 rings (SSSR count). The summed E-state index contributed by atoms with van der Waals surface area (Å²) in [6.07, 6.45) is 3.82. The Bertz CT molecular complexity index is 526. The Morgan fingerprint density at radius 3 is 3.10 bits per heavy atom. The summed E-state index contributed by atoms with van der Waals surface area (Å²) in [5, 5.41) is 8.79. The first-order valence-corrected chi connectivity index (χ1v) is 7.71. The molecule has 2 aromatic heterocycles. The minimum absolute atomic E-state index is 0.351. The van der Waals surface area contributed by atoms with Crippen molar-refractivity contribution in [1.82, 2.24) is 9.97 Å². The van der Waals surface area contributed by atoms with Gasteiger partial charge < -0.3 is 15.4 Å². The molecule has 0 radical (unpaired) electrons. The van der Waals surface area contributed by atoms with Gasteiger partial charge in [0.25, 0.3) is 0 Å². The zero-order valence-corrected chi connectivity index (χ0v) is 12.0. The summed E-state index contributed by atoms with van der Waals surface area (Å²) in [6, 6.07) is 6.46. The minimum Gasteiger partial charge on any atom is -0.379 e. The highest BCUT2D eigenvalue weighted by Gasteiger charge is 2.14. The molecule has 0 aliphatic carbocycles. The van der Waals surface area contributed by atoms with Gasteiger partial charge in [-0.05, 0) is 24.3 Å². The van der Waals surface area contributed by atoms with Crippen molar-refractivity contribution >= 4 is 23.0 Å². The Kier molecular flexibility index (Phi) is 4.45. The lowest BCUT2D eigenvalue weighted by atomic mass is 10.1. The van der Waals surface area contributed by atoms with Gasteiger partial charge in [-0.3, -0.25) is 0 Å². The molecule has 20 heavy (non-hydrogen) atoms. The van der Waals surface area contributed by atoms with E-state index in [2.05, 4.69) is 38.1 Å². The normalized spacial score (nSPS) is 18.7. The number of thiophene rings is 1. The number of nitrogens with zero attached hydrogens (tertiary/aromatic N) is 2. The first-order valence-electron chi connectivity index (χ1n) is 6.83. The SMILES string of the molecule is c1csc(CNc2cc(NC3CCCOC3)ncn2)c1. The van der Waals surface area contributed by atoms with Crippen molar-refractivity contribution < 1.29 is 4.74 Å². The topological polar surface area (TPSA) is 59.1 Å². The fourth-order valence-corrected chi connectivity index (χ4v) is 2.83. The largest absolute Gasteiger partial charge is 0.379 e. The monoisotopic (exact) mass is 290 g/mol. The zero-order chi connectivity index (χ0) is 13.6. The Morgan fingerprint density at radius 1 is 1.35 bits per heavy atom. The summed E-state index contributed by atoms with van der Waals surface area (Å²) >= 11 is 1.74. The molecule has 3 heterocycles. The van der Waals surface area contributed by atoms with Crippen molar-refractivity contribution in [3.63, 3.8) is 0 Å². The van der Waals surface area contributed by atoms with E-state index >= 15 is 0 Å². The molecule has 0 saturated carbocycles. The third kappa shape index (κ3) is 3.68. The van der Waals surface area contributed by atoms with Gasteiger partial charge in [0.1, 0.15) is 18.0 Å². The van der Waals surface area contributed by atoms with Crippen LogP contribution in [-0.2, 0) is 11.3 Å². The van der Waals surface area contributed by atoms with Gasteiger partial charge in [0.05, 0.1) is 19.2 Å². The fourth-order valence-electron chi connectivity index (χ4n) is 2.19. The molecule has 0 spiro atoms. The second kappa shape index (κ2) is 6.67. The van der Waals surface area contributed by atoms with Gasteiger partial charge >= 0.3 is 0 Å². The molecule has 2 aromatic rings. The van der Waals surface area contributed by atoms with Gasteiger partial charge in [-0.2, -0.15) is 0 Å². The number of aromatic nitrogens is 2. The van der Waals surface area contributed by atoms with Gasteiger partial charge in [0.2, 0.25) is 0 Å². The van der Waals surface area contributed by atoms with Crippen LogP contribution in [0, 0.1) is 0 Å². The van der Waals surface area contributed by atoms with Crippen LogP contribution in [0.4, 0.5) is 11.6 Å². The molecular weight excluding hydrogens is 272 g/mol. The zero-order valence-electron chi connectivity index (χ0n) is 11.2. The highest BCUT2D eigenvalue weighted by Crippen LogP contribution is 2.16. The lowest BCUT2D eigenvalue weighted by Crippen LogP contribution is -2.30. The average molecular weight is 290 g/mol. The fraction of sp³-hybridized carbons (Fsp3) is 0.429. The molecule has 0 aromatic carbocycles. The van der Waals surface area contributed by atoms with Crippen LogP contribution in [0.5, 0.6) is 0 Å². The third-order valence-corrected chi connectivity index (χ3v) is 4.08. The molecule has 1 fully saturated rings. The van der Waals surface area contributed by atoms with Gasteiger partial charge in [-0.25, -0.2) is 9.97 Å². The first kappa shape index (κ1) is 13.3. The number of hydrogen-bond acceptors (Lipinski definition) is 6. The second-order valence-corrected chi connectivity index (χ2v) is 5.81. The molecule has 6 heteroatoms. The summed E-state index contributed by atoms with van der Waals surface area (Å²) in [7, 11) is 0. The lowest BCUT2D eigenvalue weighted by molar-refractivity contribution is 0.0875. The Labute approximate surface area is 122 Å². The maximum Gasteiger partial charge on any atom is 0.131 e. The smallest absolute Gasteiger partial charge is 0.131 e. The number of anilines is 2. The summed E-state index contributed by atoms with van der Waals surface area (Å²) in [4.78, 5) is 9.80. The van der Waals surface area contributed by atoms with E-state index < -0.39 is 0 Å². The predicted octanol–water partition coefficient (Wildman–Crippen LogP) is 2.74. The van der Waals surface area contributed by atoms with Crippen LogP contribution in [-0.4, -0.2) is 29.2 Å². The van der Waals surface area contributed by atoms with E-state index in [1.165, 1.54) is 4.88 Å². The van der Waals surface area contributed by atoms with Crippen molar-refractivity contribution in [3.05, 3.63) is 34.8 Å². The van der Waals surface area contributed by atoms with E-state index in [9.17, 15) is 0 Å². The van der Waals surface area contributed by atoms with Crippen molar-refractivity contribution in [1.29, 1.82) is 0 Å². The van der Waals surface area contributed by atoms with Crippen molar-refractivity contribution in [3.8, 4) is 0 Å². The maximum absolute atomic E-state index is 5.46. The van der Waals surface area contributed by atoms with E-state index in [1.807, 2.05) is 6.07 Å².